The predicted octanol–water partition coefficient (Wildman–Crippen LogP) is -8.84. The molecule has 39 nitrogen and oxygen atoms in total. The predicted molar refractivity (Wildman–Crippen MR) is 323 cm³/mol. The van der Waals surface area contributed by atoms with Gasteiger partial charge in [-0.15, -0.1) is 0 Å². The lowest BCUT2D eigenvalue weighted by atomic mass is 9.96. The van der Waals surface area contributed by atoms with Crippen molar-refractivity contribution in [2.24, 2.45) is 16.5 Å². The van der Waals surface area contributed by atoms with Crippen molar-refractivity contribution in [2.45, 2.75) is 164 Å². The number of phenols is 2. The second kappa shape index (κ2) is 37.8. The molecule has 3 heterocycles. The summed E-state index contributed by atoms with van der Waals surface area (Å²) in [7, 11) is 0. The molecule has 2 fully saturated rings. The van der Waals surface area contributed by atoms with Crippen molar-refractivity contribution < 1.29 is 108 Å². The van der Waals surface area contributed by atoms with Gasteiger partial charge in [0.2, 0.25) is 71.9 Å². The van der Waals surface area contributed by atoms with Crippen LogP contribution in [-0.4, -0.2) is 259 Å². The monoisotopic (exact) mass is 1340 g/mol. The molecule has 0 radical (unpaired) electrons. The number of nitrogens with zero attached hydrogens (tertiary/aromatic N) is 4. The number of nitrogens with two attached hydrogens (primary N) is 2. The van der Waals surface area contributed by atoms with Crippen LogP contribution in [0.3, 0.4) is 0 Å². The van der Waals surface area contributed by atoms with Gasteiger partial charge in [-0.2, -0.15) is 0 Å². The van der Waals surface area contributed by atoms with E-state index in [-0.39, 0.29) is 130 Å². The summed E-state index contributed by atoms with van der Waals surface area (Å²) in [6, 6.07) is -12.8. The van der Waals surface area contributed by atoms with Crippen LogP contribution in [0, 0.1) is 0 Å². The molecular formula is C55H85N17O22. The summed E-state index contributed by atoms with van der Waals surface area (Å²) in [5, 5.41) is 120. The fourth-order valence-electron chi connectivity index (χ4n) is 10.0. The molecule has 3 aliphatic heterocycles. The minimum atomic E-state index is -1.96. The normalized spacial score (nSPS) is 21.2. The Bertz CT molecular complexity index is 2930. The number of carbonyl (C=O) groups is 13. The molecule has 24 N–H and O–H groups in total. The van der Waals surface area contributed by atoms with E-state index in [4.69, 9.17) is 16.6 Å². The van der Waals surface area contributed by atoms with Crippen LogP contribution in [0.4, 0.5) is 5.69 Å². The number of hydrogen-bond donors (Lipinski definition) is 22. The molecule has 39 heteroatoms. The number of phenolic OH excluding ortho intramolecular Hbond substituents is 2. The second-order valence-corrected chi connectivity index (χ2v) is 22.3. The maximum absolute atomic E-state index is 14.4. The van der Waals surface area contributed by atoms with Crippen molar-refractivity contribution in [3.8, 4) is 11.5 Å². The fourth-order valence-corrected chi connectivity index (χ4v) is 10.0. The zero-order valence-corrected chi connectivity index (χ0v) is 51.5. The van der Waals surface area contributed by atoms with Crippen molar-refractivity contribution in [2.75, 3.05) is 50.8 Å². The standard InChI is InChI=1S/C55H85N17O22/c1-27(77)43-53(91)59-15-4-3-8-30(46(84)63-33(11-7-19-71(94)26-76)49(87)68-44(28(2)78)54(92)69-43)62-47(85)32(10-6-18-70(93)25-75)65-50(88)35(23-73)66-48(86)31(9-5-16-60-55(56)57)64-51(89)36(24-74)67-52(90)37-14-17-58-45-34(61-41(81)12-13-42(82)83)20-29-21-39(79)40(80)22-38(29)72(37)45/h20-22,25-28,30-33,35-37,43-45,58,73-74,77-80,93-94H,3-19,23-24H2,1-2H3,(H,59,91)(H,61,81)(H,62,85)(H,63,84)(H,64,89)(H,65,88)(H,66,86)(H,67,90)(H,68,87)(H,69,92)(H,82,83)(H4,56,57,60)/t27-,28-,30+,31+,32+,33+,35-,36-,37?,43+,44+,45-/m1/s1. The van der Waals surface area contributed by atoms with Gasteiger partial charge in [-0.05, 0) is 96.7 Å². The number of aliphatic hydroxyl groups is 4. The number of aliphatic imine (C=N–C) groups is 1. The number of carboxylic acids is 1. The number of benzene rings is 1. The number of aliphatic carboxylic acids is 1. The summed E-state index contributed by atoms with van der Waals surface area (Å²) >= 11 is 0. The second-order valence-electron chi connectivity index (χ2n) is 22.3. The van der Waals surface area contributed by atoms with Crippen LogP contribution < -0.4 is 74.9 Å². The summed E-state index contributed by atoms with van der Waals surface area (Å²) in [4.78, 5) is 178. The van der Waals surface area contributed by atoms with Crippen LogP contribution in [-0.2, 0) is 62.3 Å². The number of nitrogens with one attached hydrogen (secondary N) is 11. The lowest BCUT2D eigenvalue weighted by Crippen LogP contribution is -2.66. The van der Waals surface area contributed by atoms with Crippen molar-refractivity contribution in [3.63, 3.8) is 0 Å². The first-order valence-electron chi connectivity index (χ1n) is 30.0. The fraction of sp³-hybridized carbons (Fsp3) is 0.600. The lowest BCUT2D eigenvalue weighted by Gasteiger charge is -2.47. The molecule has 0 bridgehead atoms. The van der Waals surface area contributed by atoms with Crippen molar-refractivity contribution in [1.29, 1.82) is 0 Å². The van der Waals surface area contributed by atoms with E-state index in [1.165, 1.54) is 17.9 Å². The molecule has 522 valence electrons. The molecule has 1 unspecified atom stereocenters. The van der Waals surface area contributed by atoms with Crippen LogP contribution in [0.2, 0.25) is 0 Å². The van der Waals surface area contributed by atoms with E-state index in [0.29, 0.717) is 0 Å². The maximum Gasteiger partial charge on any atom is 0.303 e. The quantitative estimate of drug-likeness (QED) is 0.00606. The molecule has 0 spiro atoms. The zero-order chi connectivity index (χ0) is 69.9. The van der Waals surface area contributed by atoms with E-state index in [1.807, 2.05) is 0 Å². The Morgan fingerprint density at radius 1 is 0.702 bits per heavy atom. The third-order valence-electron chi connectivity index (χ3n) is 15.0. The van der Waals surface area contributed by atoms with Crippen LogP contribution in [0.1, 0.15) is 96.5 Å². The highest BCUT2D eigenvalue weighted by molar-refractivity contribution is 5.99. The van der Waals surface area contributed by atoms with Crippen molar-refractivity contribution in [3.05, 3.63) is 23.4 Å². The zero-order valence-electron chi connectivity index (χ0n) is 51.5. The molecule has 4 rings (SSSR count). The highest BCUT2D eigenvalue weighted by Gasteiger charge is 2.43. The van der Waals surface area contributed by atoms with Crippen LogP contribution in [0.5, 0.6) is 11.5 Å². The Labute approximate surface area is 537 Å². The van der Waals surface area contributed by atoms with Gasteiger partial charge >= 0.3 is 5.97 Å². The first-order chi connectivity index (χ1) is 44.5. The molecule has 94 heavy (non-hydrogen) atoms. The number of guanidine groups is 1. The Morgan fingerprint density at radius 2 is 1.27 bits per heavy atom. The summed E-state index contributed by atoms with van der Waals surface area (Å²) in [6.45, 7) is -0.921. The molecule has 12 atom stereocenters. The largest absolute Gasteiger partial charge is 0.504 e. The van der Waals surface area contributed by atoms with E-state index >= 15 is 0 Å². The number of anilines is 1. The van der Waals surface area contributed by atoms with E-state index in [2.05, 4.69) is 63.5 Å². The van der Waals surface area contributed by atoms with Gasteiger partial charge in [-0.3, -0.25) is 83.1 Å². The number of rotatable bonds is 32. The van der Waals surface area contributed by atoms with Crippen LogP contribution >= 0.6 is 0 Å². The van der Waals surface area contributed by atoms with Crippen molar-refractivity contribution >= 4 is 95.6 Å². The number of carbonyl (C=O) groups excluding carboxylic acids is 12. The third kappa shape index (κ3) is 23.5. The Hall–Kier alpha value is -9.54. The Morgan fingerprint density at radius 3 is 1.87 bits per heavy atom. The Balaban J connectivity index is 1.61. The van der Waals surface area contributed by atoms with Gasteiger partial charge < -0.3 is 105 Å². The minimum Gasteiger partial charge on any atom is -0.504 e. The number of carboxylic acid groups (broad SMARTS) is 1. The number of fused-ring (bicyclic) bond motifs is 3. The first-order valence-corrected chi connectivity index (χ1v) is 30.0. The summed E-state index contributed by atoms with van der Waals surface area (Å²) in [5.74, 6) is -13.3. The smallest absolute Gasteiger partial charge is 0.303 e. The highest BCUT2D eigenvalue weighted by atomic mass is 16.5. The first kappa shape index (κ1) is 76.9. The summed E-state index contributed by atoms with van der Waals surface area (Å²) in [5.41, 5.74) is 11.4. The maximum atomic E-state index is 14.4. The minimum absolute atomic E-state index is 0.0108. The number of aromatic hydroxyl groups is 2. The molecule has 0 saturated carbocycles. The Kier molecular flexibility index (Phi) is 31.0. The molecular weight excluding hydrogens is 1250 g/mol. The van der Waals surface area contributed by atoms with Gasteiger partial charge in [0.25, 0.3) is 0 Å². The van der Waals surface area contributed by atoms with E-state index in [9.17, 15) is 103 Å². The number of amides is 12. The molecule has 2 saturated heterocycles. The van der Waals surface area contributed by atoms with Gasteiger partial charge in [0.15, 0.2) is 17.5 Å². The topological polar surface area (TPSA) is 610 Å². The molecule has 0 aliphatic carbocycles. The highest BCUT2D eigenvalue weighted by Crippen LogP contribution is 2.41. The van der Waals surface area contributed by atoms with Gasteiger partial charge in [0.05, 0.1) is 43.2 Å². The molecule has 12 amide bonds. The van der Waals surface area contributed by atoms with Gasteiger partial charge in [0.1, 0.15) is 60.5 Å². The number of hydrogen-bond acceptors (Lipinski definition) is 24. The van der Waals surface area contributed by atoms with E-state index in [1.54, 1.807) is 0 Å². The SMILES string of the molecule is C[C@@H](O)[C@@H]1NC(=O)[C@H](CCCN(O)C=O)NC(=O)[C@@H](NC(=O)[C@H](CCCN(O)C=O)NC(=O)[C@@H](CO)NC(=O)[C@H](CCCN=C(N)N)NC(=O)[C@@H](CO)NC(=O)C2CCN[C@H]3C(NC(=O)CCC(=O)O)=Cc4cc(O)c(O)cc4N23)CCCCNC(=O)[C@H]([C@@H](C)O)NC1=O. The molecule has 0 aromatic heterocycles. The van der Waals surface area contributed by atoms with Gasteiger partial charge in [0, 0.05) is 44.2 Å². The van der Waals surface area contributed by atoms with Gasteiger partial charge in [-0.25, -0.2) is 10.1 Å². The van der Waals surface area contributed by atoms with Crippen LogP contribution in [0.25, 0.3) is 6.08 Å². The number of hydroxylamine groups is 4. The number of aliphatic hydroxyl groups excluding tert-OH is 4. The lowest BCUT2D eigenvalue weighted by molar-refractivity contribution is -0.150. The van der Waals surface area contributed by atoms with E-state index < -0.39 is 188 Å². The van der Waals surface area contributed by atoms with Gasteiger partial charge in [-0.1, -0.05) is 0 Å². The molecule has 1 aromatic carbocycles. The average Bonchev–Trinajstić information content (AvgIpc) is 0.751. The third-order valence-corrected chi connectivity index (χ3v) is 15.0. The summed E-state index contributed by atoms with van der Waals surface area (Å²) in [6.07, 6.45) is -5.32. The molecule has 1 aromatic rings. The molecule has 3 aliphatic rings. The van der Waals surface area contributed by atoms with Crippen LogP contribution in [0.15, 0.2) is 22.8 Å². The van der Waals surface area contributed by atoms with Crippen molar-refractivity contribution in [1.82, 2.24) is 68.6 Å². The average molecular weight is 1340 g/mol. The van der Waals surface area contributed by atoms with E-state index in [0.717, 1.165) is 19.1 Å². The summed E-state index contributed by atoms with van der Waals surface area (Å²) < 4.78 is 0.